The van der Waals surface area contributed by atoms with E-state index < -0.39 is 0 Å². The molecule has 2 N–H and O–H groups in total. The van der Waals surface area contributed by atoms with E-state index in [4.69, 9.17) is 32.7 Å². The van der Waals surface area contributed by atoms with Crippen molar-refractivity contribution in [3.8, 4) is 11.5 Å². The first-order valence-corrected chi connectivity index (χ1v) is 11.7. The van der Waals surface area contributed by atoms with Gasteiger partial charge < -0.3 is 19.8 Å². The second-order valence-corrected chi connectivity index (χ2v) is 8.94. The predicted octanol–water partition coefficient (Wildman–Crippen LogP) is 6.55. The van der Waals surface area contributed by atoms with Gasteiger partial charge >= 0.3 is 0 Å². The largest absolute Gasteiger partial charge is 0.493 e. The normalized spacial score (nSPS) is 11.1. The molecule has 4 aromatic rings. The van der Waals surface area contributed by atoms with Gasteiger partial charge in [-0.3, -0.25) is 0 Å². The average Bonchev–Trinajstić information content (AvgIpc) is 3.21. The number of H-pyrrole nitrogens is 1. The van der Waals surface area contributed by atoms with E-state index in [2.05, 4.69) is 31.2 Å². The third-order valence-electron chi connectivity index (χ3n) is 4.96. The topological polar surface area (TPSA) is 59.2 Å². The highest BCUT2D eigenvalue weighted by molar-refractivity contribution is 9.10. The summed E-state index contributed by atoms with van der Waals surface area (Å²) in [4.78, 5) is 7.96. The summed E-state index contributed by atoms with van der Waals surface area (Å²) < 4.78 is 12.4. The zero-order valence-corrected chi connectivity index (χ0v) is 20.5. The molecule has 32 heavy (non-hydrogen) atoms. The molecule has 0 saturated carbocycles. The van der Waals surface area contributed by atoms with Gasteiger partial charge in [-0.1, -0.05) is 41.4 Å². The molecule has 0 fully saturated rings. The maximum Gasteiger partial charge on any atom is 0.175 e. The molecule has 5 nitrogen and oxygen atoms in total. The molecule has 0 radical (unpaired) electrons. The number of aromatic nitrogens is 2. The predicted molar refractivity (Wildman–Crippen MR) is 133 cm³/mol. The van der Waals surface area contributed by atoms with Gasteiger partial charge in [0.15, 0.2) is 11.5 Å². The van der Waals surface area contributed by atoms with E-state index in [1.54, 1.807) is 19.2 Å². The van der Waals surface area contributed by atoms with E-state index in [9.17, 15) is 0 Å². The molecule has 4 rings (SSSR count). The van der Waals surface area contributed by atoms with E-state index in [0.717, 1.165) is 45.4 Å². The van der Waals surface area contributed by atoms with Crippen LogP contribution < -0.4 is 14.8 Å². The zero-order valence-electron chi connectivity index (χ0n) is 17.4. The number of nitrogens with one attached hydrogen (secondary N) is 2. The Kier molecular flexibility index (Phi) is 7.58. The van der Waals surface area contributed by atoms with Crippen LogP contribution in [0.15, 0.2) is 59.1 Å². The minimum Gasteiger partial charge on any atom is -0.493 e. The molecule has 0 saturated heterocycles. The summed E-state index contributed by atoms with van der Waals surface area (Å²) in [6.07, 6.45) is 0.817. The number of rotatable bonds is 9. The molecule has 3 aromatic carbocycles. The summed E-state index contributed by atoms with van der Waals surface area (Å²) in [6, 6.07) is 17.5. The first-order chi connectivity index (χ1) is 15.5. The number of aromatic amines is 1. The van der Waals surface area contributed by atoms with Crippen LogP contribution in [0.2, 0.25) is 10.0 Å². The van der Waals surface area contributed by atoms with Gasteiger partial charge in [0, 0.05) is 19.5 Å². The van der Waals surface area contributed by atoms with E-state index >= 15 is 0 Å². The Morgan fingerprint density at radius 1 is 1.03 bits per heavy atom. The molecular formula is C24H22BrCl2N3O2. The van der Waals surface area contributed by atoms with Crippen molar-refractivity contribution in [1.29, 1.82) is 0 Å². The number of para-hydroxylation sites is 2. The van der Waals surface area contributed by atoms with Crippen molar-refractivity contribution in [3.05, 3.63) is 86.1 Å². The van der Waals surface area contributed by atoms with Crippen LogP contribution in [-0.2, 0) is 19.6 Å². The molecule has 8 heteroatoms. The first-order valence-electron chi connectivity index (χ1n) is 10.1. The maximum atomic E-state index is 6.09. The molecule has 0 amide bonds. The van der Waals surface area contributed by atoms with Crippen LogP contribution in [0.25, 0.3) is 11.0 Å². The lowest BCUT2D eigenvalue weighted by molar-refractivity contribution is 0.282. The minimum atomic E-state index is 0.348. The Morgan fingerprint density at radius 3 is 2.66 bits per heavy atom. The quantitative estimate of drug-likeness (QED) is 0.239. The number of ether oxygens (including phenoxy) is 2. The molecule has 166 valence electrons. The lowest BCUT2D eigenvalue weighted by Crippen LogP contribution is -2.17. The second kappa shape index (κ2) is 10.6. The van der Waals surface area contributed by atoms with Crippen molar-refractivity contribution < 1.29 is 9.47 Å². The van der Waals surface area contributed by atoms with E-state index in [1.807, 2.05) is 42.5 Å². The van der Waals surface area contributed by atoms with Crippen molar-refractivity contribution >= 4 is 50.2 Å². The van der Waals surface area contributed by atoms with Gasteiger partial charge in [0.25, 0.3) is 0 Å². The number of imidazole rings is 1. The van der Waals surface area contributed by atoms with Gasteiger partial charge in [-0.15, -0.1) is 0 Å². The highest BCUT2D eigenvalue weighted by atomic mass is 79.9. The van der Waals surface area contributed by atoms with Crippen LogP contribution in [0.3, 0.4) is 0 Å². The second-order valence-electron chi connectivity index (χ2n) is 7.27. The molecule has 0 aliphatic carbocycles. The number of fused-ring (bicyclic) bond motifs is 1. The summed E-state index contributed by atoms with van der Waals surface area (Å²) in [5.74, 6) is 2.28. The Balaban J connectivity index is 1.35. The summed E-state index contributed by atoms with van der Waals surface area (Å²) >= 11 is 15.7. The molecule has 1 heterocycles. The maximum absolute atomic E-state index is 6.09. The molecule has 0 unspecified atom stereocenters. The number of hydrogen-bond acceptors (Lipinski definition) is 4. The van der Waals surface area contributed by atoms with Gasteiger partial charge in [-0.25, -0.2) is 4.98 Å². The molecule has 0 spiro atoms. The number of methoxy groups -OCH3 is 1. The van der Waals surface area contributed by atoms with Crippen molar-refractivity contribution in [3.63, 3.8) is 0 Å². The van der Waals surface area contributed by atoms with Crippen molar-refractivity contribution in [2.24, 2.45) is 0 Å². The van der Waals surface area contributed by atoms with Crippen LogP contribution in [0, 0.1) is 0 Å². The van der Waals surface area contributed by atoms with E-state index in [0.29, 0.717) is 34.7 Å². The lowest BCUT2D eigenvalue weighted by Gasteiger charge is -2.15. The highest BCUT2D eigenvalue weighted by Gasteiger charge is 2.13. The van der Waals surface area contributed by atoms with Gasteiger partial charge in [0.05, 0.1) is 32.7 Å². The standard InChI is InChI=1S/C24H22BrCl2N3O2/c1-31-22-12-16(13-28-9-8-23-29-20-4-2-3-5-21(20)30-23)10-17(25)24(22)32-14-15-6-7-18(26)19(27)11-15/h2-7,10-12,28H,8-9,13-14H2,1H3,(H,29,30). The Morgan fingerprint density at radius 2 is 1.88 bits per heavy atom. The number of benzene rings is 3. The lowest BCUT2D eigenvalue weighted by atomic mass is 10.2. The molecular weight excluding hydrogens is 513 g/mol. The molecule has 0 atom stereocenters. The molecule has 0 bridgehead atoms. The summed E-state index contributed by atoms with van der Waals surface area (Å²) in [6.45, 7) is 1.85. The van der Waals surface area contributed by atoms with Crippen LogP contribution in [0.1, 0.15) is 17.0 Å². The Labute approximate surface area is 205 Å². The van der Waals surface area contributed by atoms with Crippen LogP contribution in [-0.4, -0.2) is 23.6 Å². The summed E-state index contributed by atoms with van der Waals surface area (Å²) in [7, 11) is 1.63. The molecule has 1 aromatic heterocycles. The fourth-order valence-electron chi connectivity index (χ4n) is 3.36. The molecule has 0 aliphatic heterocycles. The minimum absolute atomic E-state index is 0.348. The van der Waals surface area contributed by atoms with Crippen LogP contribution in [0.5, 0.6) is 11.5 Å². The fourth-order valence-corrected chi connectivity index (χ4v) is 4.29. The Bertz CT molecular complexity index is 1200. The number of hydrogen-bond donors (Lipinski definition) is 2. The monoisotopic (exact) mass is 533 g/mol. The fraction of sp³-hybridized carbons (Fsp3) is 0.208. The van der Waals surface area contributed by atoms with E-state index in [1.165, 1.54) is 0 Å². The summed E-state index contributed by atoms with van der Waals surface area (Å²) in [5, 5.41) is 4.48. The smallest absolute Gasteiger partial charge is 0.175 e. The zero-order chi connectivity index (χ0) is 22.5. The van der Waals surface area contributed by atoms with Gasteiger partial charge in [0.2, 0.25) is 0 Å². The van der Waals surface area contributed by atoms with Crippen LogP contribution >= 0.6 is 39.1 Å². The van der Waals surface area contributed by atoms with Gasteiger partial charge in [0.1, 0.15) is 12.4 Å². The van der Waals surface area contributed by atoms with Crippen molar-refractivity contribution in [2.75, 3.05) is 13.7 Å². The summed E-state index contributed by atoms with van der Waals surface area (Å²) in [5.41, 5.74) is 4.06. The third kappa shape index (κ3) is 5.56. The van der Waals surface area contributed by atoms with Crippen molar-refractivity contribution in [1.82, 2.24) is 15.3 Å². The van der Waals surface area contributed by atoms with E-state index in [-0.39, 0.29) is 0 Å². The molecule has 0 aliphatic rings. The van der Waals surface area contributed by atoms with Crippen molar-refractivity contribution in [2.45, 2.75) is 19.6 Å². The Hall–Kier alpha value is -2.25. The highest BCUT2D eigenvalue weighted by Crippen LogP contribution is 2.37. The third-order valence-corrected chi connectivity index (χ3v) is 6.29. The van der Waals surface area contributed by atoms with Crippen LogP contribution in [0.4, 0.5) is 0 Å². The number of halogens is 3. The van der Waals surface area contributed by atoms with Gasteiger partial charge in [-0.05, 0) is 63.5 Å². The van der Waals surface area contributed by atoms with Gasteiger partial charge in [-0.2, -0.15) is 0 Å². The first kappa shape index (κ1) is 22.9. The average molecular weight is 535 g/mol. The SMILES string of the molecule is COc1cc(CNCCc2nc3ccccc3[nH]2)cc(Br)c1OCc1ccc(Cl)c(Cl)c1. The number of nitrogens with zero attached hydrogens (tertiary/aromatic N) is 1.